The molecule has 0 aromatic heterocycles. The van der Waals surface area contributed by atoms with E-state index in [9.17, 15) is 24.3 Å². The van der Waals surface area contributed by atoms with Gasteiger partial charge in [-0.15, -0.1) is 0 Å². The Hall–Kier alpha value is -4.61. The van der Waals surface area contributed by atoms with E-state index in [4.69, 9.17) is 14.2 Å². The Bertz CT molecular complexity index is 1340. The Morgan fingerprint density at radius 3 is 1.76 bits per heavy atom. The molecule has 0 fully saturated rings. The Morgan fingerprint density at radius 1 is 0.844 bits per heavy atom. The number of ether oxygens (including phenoxy) is 3. The van der Waals surface area contributed by atoms with Crippen molar-refractivity contribution < 1.29 is 38.5 Å². The molecule has 12 heteroatoms. The third-order valence-corrected chi connectivity index (χ3v) is 6.77. The lowest BCUT2D eigenvalue weighted by Crippen LogP contribution is -2.49. The minimum atomic E-state index is -1.24. The SMILES string of the molecule is CN(C(=O)OC(C)(C)C)C(=NCCCC(NC(=O)OCC1c2ccccc2-c2ccccc21)C(=O)O)N(C)C(=O)OC(C)(C)C. The summed E-state index contributed by atoms with van der Waals surface area (Å²) in [4.78, 5) is 56.7. The van der Waals surface area contributed by atoms with Crippen LogP contribution in [-0.4, -0.2) is 89.6 Å². The minimum Gasteiger partial charge on any atom is -0.480 e. The number of carboxylic acids is 1. The van der Waals surface area contributed by atoms with E-state index in [2.05, 4.69) is 10.3 Å². The number of guanidine groups is 1. The second-order valence-corrected chi connectivity index (χ2v) is 12.8. The summed E-state index contributed by atoms with van der Waals surface area (Å²) >= 11 is 0. The number of alkyl carbamates (subject to hydrolysis) is 1. The average molecular weight is 625 g/mol. The van der Waals surface area contributed by atoms with Crippen LogP contribution in [0.2, 0.25) is 0 Å². The number of hydrogen-bond acceptors (Lipinski definition) is 8. The van der Waals surface area contributed by atoms with Crippen molar-refractivity contribution in [3.63, 3.8) is 0 Å². The number of nitrogens with one attached hydrogen (secondary N) is 1. The molecule has 1 unspecified atom stereocenters. The summed E-state index contributed by atoms with van der Waals surface area (Å²) in [7, 11) is 2.82. The Kier molecular flexibility index (Phi) is 11.2. The van der Waals surface area contributed by atoms with Gasteiger partial charge < -0.3 is 24.6 Å². The average Bonchev–Trinajstić information content (AvgIpc) is 3.26. The lowest BCUT2D eigenvalue weighted by molar-refractivity contribution is -0.139. The number of carboxylic acid groups (broad SMARTS) is 1. The maximum Gasteiger partial charge on any atom is 0.416 e. The molecule has 0 aliphatic heterocycles. The molecule has 0 bridgehead atoms. The molecule has 0 saturated carbocycles. The molecule has 12 nitrogen and oxygen atoms in total. The zero-order valence-corrected chi connectivity index (χ0v) is 27.2. The van der Waals surface area contributed by atoms with E-state index in [1.54, 1.807) is 41.5 Å². The number of hydrogen-bond donors (Lipinski definition) is 2. The topological polar surface area (TPSA) is 147 Å². The van der Waals surface area contributed by atoms with E-state index in [1.165, 1.54) is 14.1 Å². The second-order valence-electron chi connectivity index (χ2n) is 12.8. The third-order valence-electron chi connectivity index (χ3n) is 6.77. The number of aliphatic imine (C=N–C) groups is 1. The van der Waals surface area contributed by atoms with Gasteiger partial charge in [0.25, 0.3) is 0 Å². The fourth-order valence-electron chi connectivity index (χ4n) is 4.78. The molecule has 3 rings (SSSR count). The zero-order valence-electron chi connectivity index (χ0n) is 27.2. The van der Waals surface area contributed by atoms with Crippen molar-refractivity contribution in [2.75, 3.05) is 27.2 Å². The molecular weight excluding hydrogens is 580 g/mol. The van der Waals surface area contributed by atoms with Gasteiger partial charge in [0.05, 0.1) is 0 Å². The molecule has 1 aliphatic rings. The summed E-state index contributed by atoms with van der Waals surface area (Å²) in [6.07, 6.45) is -2.10. The molecular formula is C33H44N4O8. The monoisotopic (exact) mass is 624 g/mol. The normalized spacial score (nSPS) is 13.1. The Balaban J connectivity index is 1.63. The predicted molar refractivity (Wildman–Crippen MR) is 169 cm³/mol. The van der Waals surface area contributed by atoms with Gasteiger partial charge in [0.2, 0.25) is 5.96 Å². The molecule has 244 valence electrons. The number of nitrogens with zero attached hydrogens (tertiary/aromatic N) is 3. The number of amides is 3. The van der Waals surface area contributed by atoms with Gasteiger partial charge in [-0.2, -0.15) is 0 Å². The molecule has 1 atom stereocenters. The van der Waals surface area contributed by atoms with Crippen LogP contribution >= 0.6 is 0 Å². The first-order chi connectivity index (χ1) is 21.0. The molecule has 2 aromatic rings. The summed E-state index contributed by atoms with van der Waals surface area (Å²) in [6.45, 7) is 10.3. The second kappa shape index (κ2) is 14.4. The Morgan fingerprint density at radius 2 is 1.31 bits per heavy atom. The van der Waals surface area contributed by atoms with Crippen LogP contribution in [0.4, 0.5) is 14.4 Å². The molecule has 2 N–H and O–H groups in total. The van der Waals surface area contributed by atoms with Crippen molar-refractivity contribution in [2.45, 2.75) is 77.5 Å². The molecule has 45 heavy (non-hydrogen) atoms. The van der Waals surface area contributed by atoms with Crippen LogP contribution in [0.5, 0.6) is 0 Å². The molecule has 0 saturated heterocycles. The van der Waals surface area contributed by atoms with Crippen molar-refractivity contribution in [3.05, 3.63) is 59.7 Å². The number of benzene rings is 2. The van der Waals surface area contributed by atoms with E-state index in [0.717, 1.165) is 32.1 Å². The number of aliphatic carboxylic acids is 1. The molecule has 0 spiro atoms. The quantitative estimate of drug-likeness (QED) is 0.161. The van der Waals surface area contributed by atoms with Gasteiger partial charge in [0.1, 0.15) is 23.9 Å². The Labute approximate surface area is 264 Å². The fraction of sp³-hybridized carbons (Fsp3) is 0.485. The van der Waals surface area contributed by atoms with Gasteiger partial charge >= 0.3 is 24.2 Å². The van der Waals surface area contributed by atoms with E-state index in [0.29, 0.717) is 0 Å². The minimum absolute atomic E-state index is 0.0165. The van der Waals surface area contributed by atoms with Gasteiger partial charge in [0, 0.05) is 26.6 Å². The highest BCUT2D eigenvalue weighted by molar-refractivity contribution is 6.01. The van der Waals surface area contributed by atoms with Crippen LogP contribution in [0.1, 0.15) is 71.4 Å². The maximum absolute atomic E-state index is 12.8. The molecule has 0 heterocycles. The summed E-state index contributed by atoms with van der Waals surface area (Å²) in [6, 6.07) is 14.6. The number of rotatable bonds is 8. The highest BCUT2D eigenvalue weighted by Gasteiger charge is 2.31. The van der Waals surface area contributed by atoms with Gasteiger partial charge in [-0.05, 0) is 76.6 Å². The summed E-state index contributed by atoms with van der Waals surface area (Å²) in [5.74, 6) is -1.44. The lowest BCUT2D eigenvalue weighted by atomic mass is 9.98. The summed E-state index contributed by atoms with van der Waals surface area (Å²) in [5.41, 5.74) is 2.67. The number of carbonyl (C=O) groups excluding carboxylic acids is 3. The predicted octanol–water partition coefficient (Wildman–Crippen LogP) is 5.85. The van der Waals surface area contributed by atoms with Crippen LogP contribution < -0.4 is 5.32 Å². The van der Waals surface area contributed by atoms with Crippen molar-refractivity contribution in [2.24, 2.45) is 4.99 Å². The van der Waals surface area contributed by atoms with E-state index >= 15 is 0 Å². The molecule has 1 aliphatic carbocycles. The fourth-order valence-corrected chi connectivity index (χ4v) is 4.78. The van der Waals surface area contributed by atoms with Crippen molar-refractivity contribution in [3.8, 4) is 11.1 Å². The van der Waals surface area contributed by atoms with Gasteiger partial charge in [0.15, 0.2) is 0 Å². The smallest absolute Gasteiger partial charge is 0.416 e. The highest BCUT2D eigenvalue weighted by Crippen LogP contribution is 2.44. The van der Waals surface area contributed by atoms with Crippen molar-refractivity contribution in [1.29, 1.82) is 0 Å². The van der Waals surface area contributed by atoms with E-state index in [-0.39, 0.29) is 37.9 Å². The third kappa shape index (κ3) is 9.69. The van der Waals surface area contributed by atoms with Crippen molar-refractivity contribution >= 4 is 30.2 Å². The lowest BCUT2D eigenvalue weighted by Gasteiger charge is -2.30. The van der Waals surface area contributed by atoms with E-state index < -0.39 is 41.5 Å². The summed E-state index contributed by atoms with van der Waals surface area (Å²) < 4.78 is 16.3. The molecule has 2 aromatic carbocycles. The first-order valence-corrected chi connectivity index (χ1v) is 14.8. The summed E-state index contributed by atoms with van der Waals surface area (Å²) in [5, 5.41) is 12.2. The standard InChI is InChI=1S/C33H44N4O8/c1-32(2,3)44-30(41)36(7)28(37(8)31(42)45-33(4,5)6)34-19-13-18-26(27(38)39)35-29(40)43-20-25-23-16-11-9-14-21(23)22-15-10-12-17-24(22)25/h9-12,14-17,25-26H,13,18-20H2,1-8H3,(H,35,40)(H,38,39). The highest BCUT2D eigenvalue weighted by atomic mass is 16.6. The first-order valence-electron chi connectivity index (χ1n) is 14.8. The van der Waals surface area contributed by atoms with E-state index in [1.807, 2.05) is 48.5 Å². The zero-order chi connectivity index (χ0) is 33.5. The number of fused-ring (bicyclic) bond motifs is 3. The molecule has 3 amide bonds. The largest absolute Gasteiger partial charge is 0.480 e. The van der Waals surface area contributed by atoms with Crippen LogP contribution in [0.3, 0.4) is 0 Å². The van der Waals surface area contributed by atoms with Gasteiger partial charge in [-0.3, -0.25) is 14.8 Å². The molecule has 0 radical (unpaired) electrons. The van der Waals surface area contributed by atoms with Crippen LogP contribution in [0, 0.1) is 0 Å². The van der Waals surface area contributed by atoms with Crippen LogP contribution in [-0.2, 0) is 19.0 Å². The van der Waals surface area contributed by atoms with Gasteiger partial charge in [-0.25, -0.2) is 19.2 Å². The van der Waals surface area contributed by atoms with Gasteiger partial charge in [-0.1, -0.05) is 48.5 Å². The number of carbonyl (C=O) groups is 4. The van der Waals surface area contributed by atoms with Crippen LogP contribution in [0.25, 0.3) is 11.1 Å². The van der Waals surface area contributed by atoms with Crippen molar-refractivity contribution in [1.82, 2.24) is 15.1 Å². The first kappa shape index (κ1) is 34.9. The maximum atomic E-state index is 12.8. The van der Waals surface area contributed by atoms with Crippen LogP contribution in [0.15, 0.2) is 53.5 Å².